The number of rotatable bonds is 0. The second kappa shape index (κ2) is 2.98. The van der Waals surface area contributed by atoms with E-state index in [0.29, 0.717) is 16.7 Å². The summed E-state index contributed by atoms with van der Waals surface area (Å²) in [6, 6.07) is 0. The Morgan fingerprint density at radius 2 is 1.71 bits per heavy atom. The molecule has 0 bridgehead atoms. The van der Waals surface area contributed by atoms with Crippen molar-refractivity contribution in [3.8, 4) is 0 Å². The Balaban J connectivity index is 2.35. The smallest absolute Gasteiger partial charge is 0.0548 e. The van der Waals surface area contributed by atoms with Gasteiger partial charge in [0.2, 0.25) is 0 Å². The molecule has 1 nitrogen and oxygen atoms in total. The molecule has 0 spiro atoms. The van der Waals surface area contributed by atoms with Crippen LogP contribution in [0.3, 0.4) is 0 Å². The van der Waals surface area contributed by atoms with Crippen molar-refractivity contribution in [1.29, 1.82) is 0 Å². The van der Waals surface area contributed by atoms with Crippen LogP contribution in [-0.2, 0) is 0 Å². The van der Waals surface area contributed by atoms with Crippen molar-refractivity contribution >= 4 is 0 Å². The Morgan fingerprint density at radius 3 is 2.36 bits per heavy atom. The molecule has 0 aromatic heterocycles. The molecular weight excluding hydrogens is 172 g/mol. The summed E-state index contributed by atoms with van der Waals surface area (Å²) in [5.74, 6) is 1.46. The van der Waals surface area contributed by atoms with E-state index in [9.17, 15) is 5.11 Å². The largest absolute Gasteiger partial charge is 0.393 e. The van der Waals surface area contributed by atoms with Crippen LogP contribution in [0, 0.1) is 22.7 Å². The highest BCUT2D eigenvalue weighted by Gasteiger charge is 2.58. The van der Waals surface area contributed by atoms with E-state index in [1.54, 1.807) is 0 Å². The van der Waals surface area contributed by atoms with Crippen molar-refractivity contribution in [3.05, 3.63) is 0 Å². The first-order chi connectivity index (χ1) is 6.40. The van der Waals surface area contributed by atoms with E-state index < -0.39 is 0 Å². The molecule has 0 amide bonds. The van der Waals surface area contributed by atoms with Crippen molar-refractivity contribution in [2.24, 2.45) is 22.7 Å². The third-order valence-corrected chi connectivity index (χ3v) is 5.86. The van der Waals surface area contributed by atoms with Crippen molar-refractivity contribution in [1.82, 2.24) is 0 Å². The van der Waals surface area contributed by atoms with Gasteiger partial charge >= 0.3 is 0 Å². The molecule has 0 aromatic carbocycles. The molecule has 2 aliphatic carbocycles. The first-order valence-electron chi connectivity index (χ1n) is 6.08. The normalized spacial score (nSPS) is 58.5. The summed E-state index contributed by atoms with van der Waals surface area (Å²) in [4.78, 5) is 0. The van der Waals surface area contributed by atoms with E-state index >= 15 is 0 Å². The van der Waals surface area contributed by atoms with Gasteiger partial charge in [-0.05, 0) is 48.3 Å². The van der Waals surface area contributed by atoms with Gasteiger partial charge in [0.1, 0.15) is 0 Å². The van der Waals surface area contributed by atoms with Gasteiger partial charge in [0.05, 0.1) is 6.10 Å². The van der Waals surface area contributed by atoms with Crippen molar-refractivity contribution in [3.63, 3.8) is 0 Å². The third-order valence-electron chi connectivity index (χ3n) is 5.86. The molecule has 2 aliphatic rings. The molecule has 0 aliphatic heterocycles. The molecule has 1 unspecified atom stereocenters. The number of aliphatic hydroxyl groups is 1. The van der Waals surface area contributed by atoms with Gasteiger partial charge in [0.15, 0.2) is 0 Å². The fraction of sp³-hybridized carbons (Fsp3) is 1.00. The third kappa shape index (κ3) is 1.11. The summed E-state index contributed by atoms with van der Waals surface area (Å²) in [5, 5.41) is 9.92. The number of fused-ring (bicyclic) bond motifs is 1. The van der Waals surface area contributed by atoms with Crippen LogP contribution in [0.4, 0.5) is 0 Å². The van der Waals surface area contributed by atoms with Crippen LogP contribution in [0.1, 0.15) is 53.4 Å². The van der Waals surface area contributed by atoms with Gasteiger partial charge in [-0.3, -0.25) is 0 Å². The van der Waals surface area contributed by atoms with Gasteiger partial charge < -0.3 is 5.11 Å². The van der Waals surface area contributed by atoms with Crippen LogP contribution < -0.4 is 0 Å². The first kappa shape index (κ1) is 10.5. The van der Waals surface area contributed by atoms with E-state index in [1.807, 2.05) is 0 Å². The molecule has 0 radical (unpaired) electrons. The van der Waals surface area contributed by atoms with Crippen molar-refractivity contribution in [2.75, 3.05) is 0 Å². The van der Waals surface area contributed by atoms with E-state index in [-0.39, 0.29) is 6.10 Å². The van der Waals surface area contributed by atoms with Gasteiger partial charge in [-0.25, -0.2) is 0 Å². The van der Waals surface area contributed by atoms with Crippen LogP contribution in [0.15, 0.2) is 0 Å². The summed E-state index contributed by atoms with van der Waals surface area (Å²) in [5.41, 5.74) is 0.857. The molecular formula is C13H24O. The van der Waals surface area contributed by atoms with Gasteiger partial charge in [0.25, 0.3) is 0 Å². The average Bonchev–Trinajstić information content (AvgIpc) is 2.30. The molecule has 0 saturated heterocycles. The topological polar surface area (TPSA) is 20.2 Å². The highest BCUT2D eigenvalue weighted by molar-refractivity contribution is 5.07. The average molecular weight is 196 g/mol. The zero-order valence-electron chi connectivity index (χ0n) is 10.0. The highest BCUT2D eigenvalue weighted by atomic mass is 16.3. The first-order valence-corrected chi connectivity index (χ1v) is 6.08. The standard InChI is InChI=1S/C13H24O/c1-9-5-6-12(3)10(2)7-11(14)8-13(9,12)4/h9-11,14H,5-8H2,1-4H3/t9-,10-,11?,12+,13+/m1/s1. The molecule has 0 heterocycles. The molecule has 2 fully saturated rings. The zero-order valence-corrected chi connectivity index (χ0v) is 10.0. The fourth-order valence-electron chi connectivity index (χ4n) is 4.17. The van der Waals surface area contributed by atoms with Crippen LogP contribution in [0.25, 0.3) is 0 Å². The predicted molar refractivity (Wildman–Crippen MR) is 59.0 cm³/mol. The van der Waals surface area contributed by atoms with Gasteiger partial charge in [-0.2, -0.15) is 0 Å². The Kier molecular flexibility index (Phi) is 2.23. The number of hydrogen-bond acceptors (Lipinski definition) is 1. The molecule has 1 heteroatoms. The fourth-order valence-corrected chi connectivity index (χ4v) is 4.17. The van der Waals surface area contributed by atoms with E-state index in [1.165, 1.54) is 12.8 Å². The second-order valence-corrected chi connectivity index (χ2v) is 6.27. The lowest BCUT2D eigenvalue weighted by Crippen LogP contribution is -2.48. The van der Waals surface area contributed by atoms with Gasteiger partial charge in [-0.15, -0.1) is 0 Å². The lowest BCUT2D eigenvalue weighted by Gasteiger charge is -2.53. The van der Waals surface area contributed by atoms with Crippen molar-refractivity contribution in [2.45, 2.75) is 59.5 Å². The number of hydrogen-bond donors (Lipinski definition) is 1. The summed E-state index contributed by atoms with van der Waals surface area (Å²) in [6.45, 7) is 9.56. The van der Waals surface area contributed by atoms with Crippen molar-refractivity contribution < 1.29 is 5.11 Å². The molecule has 2 saturated carbocycles. The molecule has 1 N–H and O–H groups in total. The predicted octanol–water partition coefficient (Wildman–Crippen LogP) is 3.22. The number of aliphatic hydroxyl groups excluding tert-OH is 1. The maximum absolute atomic E-state index is 9.92. The lowest BCUT2D eigenvalue weighted by molar-refractivity contribution is -0.0811. The molecule has 2 rings (SSSR count). The van der Waals surface area contributed by atoms with Crippen LogP contribution in [0.5, 0.6) is 0 Å². The molecule has 0 aromatic rings. The van der Waals surface area contributed by atoms with E-state index in [2.05, 4.69) is 27.7 Å². The van der Waals surface area contributed by atoms with Crippen LogP contribution in [0.2, 0.25) is 0 Å². The molecule has 82 valence electrons. The highest BCUT2D eigenvalue weighted by Crippen LogP contribution is 2.64. The minimum atomic E-state index is -0.0522. The minimum absolute atomic E-state index is 0.0522. The zero-order chi connectivity index (χ0) is 10.6. The van der Waals surface area contributed by atoms with Gasteiger partial charge in [-0.1, -0.05) is 27.7 Å². The molecule has 5 atom stereocenters. The Bertz CT molecular complexity index is 237. The van der Waals surface area contributed by atoms with Crippen LogP contribution >= 0.6 is 0 Å². The molecule has 14 heavy (non-hydrogen) atoms. The quantitative estimate of drug-likeness (QED) is 0.630. The van der Waals surface area contributed by atoms with Gasteiger partial charge in [0, 0.05) is 0 Å². The maximum Gasteiger partial charge on any atom is 0.0548 e. The summed E-state index contributed by atoms with van der Waals surface area (Å²) >= 11 is 0. The SMILES string of the molecule is C[C@@H]1CC(O)C[C@@]2(C)[C@H](C)CC[C@@]12C. The summed E-state index contributed by atoms with van der Waals surface area (Å²) in [7, 11) is 0. The van der Waals surface area contributed by atoms with Crippen LogP contribution in [-0.4, -0.2) is 11.2 Å². The Labute approximate surface area is 87.9 Å². The Morgan fingerprint density at radius 1 is 1.07 bits per heavy atom. The Hall–Kier alpha value is -0.0400. The van der Waals surface area contributed by atoms with E-state index in [0.717, 1.165) is 18.8 Å². The minimum Gasteiger partial charge on any atom is -0.393 e. The lowest BCUT2D eigenvalue weighted by atomic mass is 9.53. The second-order valence-electron chi connectivity index (χ2n) is 6.27. The summed E-state index contributed by atoms with van der Waals surface area (Å²) in [6.07, 6.45) is 4.69. The van der Waals surface area contributed by atoms with E-state index in [4.69, 9.17) is 0 Å². The summed E-state index contributed by atoms with van der Waals surface area (Å²) < 4.78 is 0. The maximum atomic E-state index is 9.92. The monoisotopic (exact) mass is 196 g/mol.